The van der Waals surface area contributed by atoms with Gasteiger partial charge in [-0.05, 0) is 12.0 Å². The molecule has 0 bridgehead atoms. The molecule has 0 saturated carbocycles. The van der Waals surface area contributed by atoms with Gasteiger partial charge in [0.1, 0.15) is 7.14 Å². The zero-order valence-corrected chi connectivity index (χ0v) is 18.2. The third-order valence-electron chi connectivity index (χ3n) is 5.64. The van der Waals surface area contributed by atoms with E-state index in [1.165, 1.54) is 0 Å². The van der Waals surface area contributed by atoms with Crippen LogP contribution in [0.4, 0.5) is 0 Å². The third-order valence-corrected chi connectivity index (χ3v) is 9.21. The highest BCUT2D eigenvalue weighted by Gasteiger charge is 2.37. The fourth-order valence-corrected chi connectivity index (χ4v) is 7.41. The summed E-state index contributed by atoms with van der Waals surface area (Å²) in [5.74, 6) is 0.0780. The Morgan fingerprint density at radius 1 is 0.613 bits per heavy atom. The van der Waals surface area contributed by atoms with E-state index in [1.807, 2.05) is 121 Å². The van der Waals surface area contributed by atoms with Crippen LogP contribution in [0, 0.1) is 0 Å². The van der Waals surface area contributed by atoms with E-state index >= 15 is 0 Å². The van der Waals surface area contributed by atoms with Crippen LogP contribution in [-0.4, -0.2) is 5.78 Å². The van der Waals surface area contributed by atoms with Crippen LogP contribution in [0.15, 0.2) is 121 Å². The highest BCUT2D eigenvalue weighted by Crippen LogP contribution is 2.59. The lowest BCUT2D eigenvalue weighted by Gasteiger charge is -2.29. The van der Waals surface area contributed by atoms with Crippen LogP contribution in [0.2, 0.25) is 0 Å². The van der Waals surface area contributed by atoms with Crippen LogP contribution in [0.25, 0.3) is 0 Å². The van der Waals surface area contributed by atoms with Gasteiger partial charge in [-0.2, -0.15) is 0 Å². The van der Waals surface area contributed by atoms with E-state index < -0.39 is 7.14 Å². The second-order valence-corrected chi connectivity index (χ2v) is 10.6. The number of hydrogen-bond donors (Lipinski definition) is 0. The maximum Gasteiger partial charge on any atom is 0.162 e. The molecule has 3 heteroatoms. The second-order valence-electron chi connectivity index (χ2n) is 7.58. The first-order valence-corrected chi connectivity index (χ1v) is 12.3. The molecule has 0 radical (unpaired) electrons. The van der Waals surface area contributed by atoms with Crippen molar-refractivity contribution in [2.45, 2.75) is 18.5 Å². The summed E-state index contributed by atoms with van der Waals surface area (Å²) in [4.78, 5) is 12.9. The highest BCUT2D eigenvalue weighted by molar-refractivity contribution is 7.79. The average molecular weight is 424 g/mol. The van der Waals surface area contributed by atoms with Gasteiger partial charge in [0, 0.05) is 28.3 Å². The summed E-state index contributed by atoms with van der Waals surface area (Å²) in [7, 11) is -3.06. The maximum atomic E-state index is 15.0. The smallest absolute Gasteiger partial charge is 0.162 e. The Morgan fingerprint density at radius 2 is 1.03 bits per heavy atom. The van der Waals surface area contributed by atoms with Crippen LogP contribution < -0.4 is 10.6 Å². The number of benzene rings is 4. The lowest BCUT2D eigenvalue weighted by atomic mass is 10.0. The van der Waals surface area contributed by atoms with Crippen molar-refractivity contribution < 1.29 is 9.36 Å². The predicted octanol–water partition coefficient (Wildman–Crippen LogP) is 6.40. The Bertz CT molecular complexity index is 1110. The summed E-state index contributed by atoms with van der Waals surface area (Å²) in [5, 5.41) is 1.64. The van der Waals surface area contributed by atoms with Gasteiger partial charge in [0.15, 0.2) is 5.78 Å². The Labute approximate surface area is 184 Å². The number of ketones is 1. The summed E-state index contributed by atoms with van der Waals surface area (Å²) in [6.45, 7) is 0. The molecule has 0 heterocycles. The van der Waals surface area contributed by atoms with Gasteiger partial charge in [0.25, 0.3) is 0 Å². The van der Waals surface area contributed by atoms with Gasteiger partial charge in [0.2, 0.25) is 0 Å². The molecular weight excluding hydrogens is 399 g/mol. The molecule has 2 nitrogen and oxygen atoms in total. The van der Waals surface area contributed by atoms with E-state index in [0.29, 0.717) is 18.4 Å². The van der Waals surface area contributed by atoms with E-state index in [9.17, 15) is 9.36 Å². The Balaban J connectivity index is 1.78. The van der Waals surface area contributed by atoms with Crippen LogP contribution in [-0.2, 0) is 4.57 Å². The van der Waals surface area contributed by atoms with Gasteiger partial charge in [-0.25, -0.2) is 0 Å². The lowest BCUT2D eigenvalue weighted by Crippen LogP contribution is -2.22. The van der Waals surface area contributed by atoms with E-state index in [4.69, 9.17) is 0 Å². The Hall–Kier alpha value is -3.22. The monoisotopic (exact) mass is 424 g/mol. The molecule has 0 fully saturated rings. The van der Waals surface area contributed by atoms with Crippen molar-refractivity contribution in [1.29, 1.82) is 0 Å². The standard InChI is InChI=1S/C28H25O2P/c29-27(23-13-5-1-6-14-23)21-22-28(24-15-7-2-8-16-24)31(30,25-17-9-3-10-18-25)26-19-11-4-12-20-26/h1-20,28H,21-22H2. The molecule has 4 aromatic carbocycles. The first-order valence-electron chi connectivity index (χ1n) is 10.5. The molecule has 0 aliphatic rings. The highest BCUT2D eigenvalue weighted by atomic mass is 31.2. The summed E-state index contributed by atoms with van der Waals surface area (Å²) < 4.78 is 15.0. The minimum atomic E-state index is -3.06. The molecule has 0 spiro atoms. The van der Waals surface area contributed by atoms with Crippen molar-refractivity contribution >= 4 is 23.5 Å². The quantitative estimate of drug-likeness (QED) is 0.242. The normalized spacial score (nSPS) is 12.3. The van der Waals surface area contributed by atoms with Crippen molar-refractivity contribution in [2.75, 3.05) is 0 Å². The van der Waals surface area contributed by atoms with Crippen LogP contribution in [0.1, 0.15) is 34.4 Å². The minimum Gasteiger partial charge on any atom is -0.313 e. The molecule has 4 aromatic rings. The fourth-order valence-electron chi connectivity index (χ4n) is 4.08. The summed E-state index contributed by atoms with van der Waals surface area (Å²) in [6, 6.07) is 38.7. The van der Waals surface area contributed by atoms with Crippen LogP contribution in [0.3, 0.4) is 0 Å². The molecule has 31 heavy (non-hydrogen) atoms. The average Bonchev–Trinajstić information content (AvgIpc) is 2.86. The van der Waals surface area contributed by atoms with Crippen molar-refractivity contribution in [3.05, 3.63) is 132 Å². The van der Waals surface area contributed by atoms with Crippen molar-refractivity contribution in [2.24, 2.45) is 0 Å². The maximum absolute atomic E-state index is 15.0. The molecule has 0 aliphatic heterocycles. The SMILES string of the molecule is O=C(CCC(c1ccccc1)P(=O)(c1ccccc1)c1ccccc1)c1ccccc1. The zero-order valence-electron chi connectivity index (χ0n) is 17.3. The van der Waals surface area contributed by atoms with Crippen LogP contribution in [0.5, 0.6) is 0 Å². The van der Waals surface area contributed by atoms with Gasteiger partial charge in [-0.3, -0.25) is 4.79 Å². The van der Waals surface area contributed by atoms with Gasteiger partial charge < -0.3 is 4.57 Å². The third kappa shape index (κ3) is 4.60. The van der Waals surface area contributed by atoms with Crippen molar-refractivity contribution in [3.63, 3.8) is 0 Å². The second kappa shape index (κ2) is 9.73. The summed E-state index contributed by atoms with van der Waals surface area (Å²) >= 11 is 0. The van der Waals surface area contributed by atoms with Gasteiger partial charge in [-0.1, -0.05) is 121 Å². The number of hydrogen-bond acceptors (Lipinski definition) is 2. The molecule has 154 valence electrons. The number of carbonyl (C=O) groups is 1. The fraction of sp³-hybridized carbons (Fsp3) is 0.107. The van der Waals surface area contributed by atoms with Gasteiger partial charge in [0.05, 0.1) is 0 Å². The molecule has 0 amide bonds. The minimum absolute atomic E-state index is 0.0780. The van der Waals surface area contributed by atoms with E-state index in [2.05, 4.69) is 0 Å². The summed E-state index contributed by atoms with van der Waals surface area (Å²) in [6.07, 6.45) is 0.853. The number of carbonyl (C=O) groups excluding carboxylic acids is 1. The Morgan fingerprint density at radius 3 is 1.52 bits per heavy atom. The zero-order chi connectivity index (χ0) is 21.5. The first-order chi connectivity index (χ1) is 15.2. The topological polar surface area (TPSA) is 34.1 Å². The molecule has 0 aliphatic carbocycles. The first kappa shape index (κ1) is 21.0. The predicted molar refractivity (Wildman–Crippen MR) is 129 cm³/mol. The molecule has 0 N–H and O–H groups in total. The van der Waals surface area contributed by atoms with Gasteiger partial charge >= 0.3 is 0 Å². The summed E-state index contributed by atoms with van der Waals surface area (Å²) in [5.41, 5.74) is 1.41. The molecule has 1 atom stereocenters. The molecule has 1 unspecified atom stereocenters. The molecular formula is C28H25O2P. The van der Waals surface area contributed by atoms with E-state index in [-0.39, 0.29) is 11.4 Å². The van der Waals surface area contributed by atoms with Crippen molar-refractivity contribution in [1.82, 2.24) is 0 Å². The van der Waals surface area contributed by atoms with Crippen molar-refractivity contribution in [3.8, 4) is 0 Å². The number of Topliss-reactive ketones (excluding diaryl/α,β-unsaturated/α-hetero) is 1. The molecule has 4 rings (SSSR count). The largest absolute Gasteiger partial charge is 0.313 e. The Kier molecular flexibility index (Phi) is 6.60. The van der Waals surface area contributed by atoms with E-state index in [1.54, 1.807) is 0 Å². The van der Waals surface area contributed by atoms with Gasteiger partial charge in [-0.15, -0.1) is 0 Å². The molecule has 0 saturated heterocycles. The molecule has 0 aromatic heterocycles. The lowest BCUT2D eigenvalue weighted by molar-refractivity contribution is 0.0979. The van der Waals surface area contributed by atoms with E-state index in [0.717, 1.165) is 16.2 Å². The van der Waals surface area contributed by atoms with Crippen LogP contribution >= 0.6 is 7.14 Å². The number of rotatable bonds is 8.